The second-order valence-corrected chi connectivity index (χ2v) is 12.4. The highest BCUT2D eigenvalue weighted by Gasteiger charge is 2.46. The Kier molecular flexibility index (Phi) is 8.31. The molecule has 3 heterocycles. The summed E-state index contributed by atoms with van der Waals surface area (Å²) < 4.78 is 12.3. The van der Waals surface area contributed by atoms with Crippen LogP contribution in [0.4, 0.5) is 5.13 Å². The fourth-order valence-corrected chi connectivity index (χ4v) is 6.67. The number of hydrogen-bond acceptors (Lipinski definition) is 9. The largest absolute Gasteiger partial charge is 0.503 e. The lowest BCUT2D eigenvalue weighted by Crippen LogP contribution is -2.31. The first kappa shape index (κ1) is 28.7. The molecule has 3 aromatic carbocycles. The van der Waals surface area contributed by atoms with Crippen LogP contribution < -0.4 is 9.64 Å². The van der Waals surface area contributed by atoms with Crippen molar-refractivity contribution < 1.29 is 23.8 Å². The van der Waals surface area contributed by atoms with Crippen LogP contribution in [0, 0.1) is 6.92 Å². The highest BCUT2D eigenvalue weighted by molar-refractivity contribution is 8.00. The van der Waals surface area contributed by atoms with Gasteiger partial charge in [-0.05, 0) is 48.7 Å². The van der Waals surface area contributed by atoms with Gasteiger partial charge < -0.3 is 14.3 Å². The van der Waals surface area contributed by atoms with Crippen molar-refractivity contribution in [3.8, 4) is 5.75 Å². The number of carbonyl (C=O) groups excluding carboxylic acids is 2. The van der Waals surface area contributed by atoms with Gasteiger partial charge in [-0.25, -0.2) is 0 Å². The number of hydrogen-bond donors (Lipinski definition) is 1. The van der Waals surface area contributed by atoms with Crippen molar-refractivity contribution >= 4 is 50.9 Å². The van der Waals surface area contributed by atoms with Gasteiger partial charge in [-0.1, -0.05) is 96.6 Å². The van der Waals surface area contributed by atoms with Gasteiger partial charge in [0.1, 0.15) is 11.3 Å². The molecule has 10 heteroatoms. The number of aliphatic hydroxyl groups excluding tert-OH is 1. The molecule has 218 valence electrons. The third-order valence-corrected chi connectivity index (χ3v) is 9.28. The van der Waals surface area contributed by atoms with Crippen LogP contribution >= 0.6 is 23.1 Å². The number of aryl methyl sites for hydroxylation is 1. The number of furan rings is 1. The summed E-state index contributed by atoms with van der Waals surface area (Å²) in [7, 11) is 0. The van der Waals surface area contributed by atoms with Gasteiger partial charge in [0, 0.05) is 11.1 Å². The summed E-state index contributed by atoms with van der Waals surface area (Å²) in [5, 5.41) is 20.8. The molecule has 2 aromatic heterocycles. The van der Waals surface area contributed by atoms with Crippen LogP contribution in [0.15, 0.2) is 99.0 Å². The predicted octanol–water partition coefficient (Wildman–Crippen LogP) is 7.85. The van der Waals surface area contributed by atoms with E-state index >= 15 is 0 Å². The van der Waals surface area contributed by atoms with Crippen LogP contribution in [-0.4, -0.2) is 33.6 Å². The van der Waals surface area contributed by atoms with Crippen LogP contribution in [0.2, 0.25) is 0 Å². The van der Waals surface area contributed by atoms with Crippen LogP contribution in [0.5, 0.6) is 5.75 Å². The summed E-state index contributed by atoms with van der Waals surface area (Å²) in [6.45, 7) is 4.73. The van der Waals surface area contributed by atoms with Crippen molar-refractivity contribution in [2.45, 2.75) is 42.8 Å². The Morgan fingerprint density at radius 3 is 2.58 bits per heavy atom. The molecule has 6 rings (SSSR count). The molecule has 0 radical (unpaired) electrons. The number of rotatable bonds is 11. The first-order chi connectivity index (χ1) is 20.9. The van der Waals surface area contributed by atoms with Gasteiger partial charge in [-0.2, -0.15) is 0 Å². The van der Waals surface area contributed by atoms with Crippen LogP contribution in [0.3, 0.4) is 0 Å². The molecule has 1 atom stereocenters. The molecular formula is C33H29N3O5S2. The van der Waals surface area contributed by atoms with E-state index in [0.717, 1.165) is 23.8 Å². The average Bonchev–Trinajstić information content (AvgIpc) is 3.73. The van der Waals surface area contributed by atoms with Gasteiger partial charge in [-0.3, -0.25) is 14.5 Å². The number of amides is 1. The van der Waals surface area contributed by atoms with E-state index in [0.29, 0.717) is 33.6 Å². The van der Waals surface area contributed by atoms with Gasteiger partial charge in [0.2, 0.25) is 10.9 Å². The molecule has 0 fully saturated rings. The second kappa shape index (κ2) is 12.4. The van der Waals surface area contributed by atoms with Gasteiger partial charge in [0.05, 0.1) is 18.2 Å². The third kappa shape index (κ3) is 5.93. The molecule has 1 unspecified atom stereocenters. The summed E-state index contributed by atoms with van der Waals surface area (Å²) in [5.74, 6) is -0.533. The molecule has 8 nitrogen and oxygen atoms in total. The van der Waals surface area contributed by atoms with Gasteiger partial charge in [0.25, 0.3) is 5.91 Å². The number of aromatic nitrogens is 2. The maximum absolute atomic E-state index is 13.9. The Labute approximate surface area is 257 Å². The smallest absolute Gasteiger partial charge is 0.296 e. The highest BCUT2D eigenvalue weighted by Crippen LogP contribution is 2.44. The van der Waals surface area contributed by atoms with Gasteiger partial charge in [-0.15, -0.1) is 10.2 Å². The summed E-state index contributed by atoms with van der Waals surface area (Å²) in [6.07, 6.45) is 1.95. The summed E-state index contributed by atoms with van der Waals surface area (Å²) >= 11 is 2.74. The number of fused-ring (bicyclic) bond motifs is 1. The topological polar surface area (TPSA) is 106 Å². The zero-order chi connectivity index (χ0) is 29.9. The summed E-state index contributed by atoms with van der Waals surface area (Å²) in [4.78, 5) is 28.9. The Balaban J connectivity index is 1.33. The molecule has 0 bridgehead atoms. The SMILES string of the molecule is CCCCOc1ccc(C2C(C(=O)c3cc4ccccc4o3)=C(O)C(=O)N2c2nnc(SCc3ccc(C)cc3)s2)cc1. The van der Waals surface area contributed by atoms with Gasteiger partial charge >= 0.3 is 0 Å². The third-order valence-electron chi connectivity index (χ3n) is 7.15. The monoisotopic (exact) mass is 611 g/mol. The van der Waals surface area contributed by atoms with Crippen LogP contribution in [0.25, 0.3) is 11.0 Å². The molecule has 5 aromatic rings. The average molecular weight is 612 g/mol. The predicted molar refractivity (Wildman–Crippen MR) is 168 cm³/mol. The number of Topliss-reactive ketones (excluding diaryl/α,β-unsaturated/α-hetero) is 1. The number of ketones is 1. The van der Waals surface area contributed by atoms with Crippen molar-refractivity contribution in [1.29, 1.82) is 0 Å². The number of nitrogens with zero attached hydrogens (tertiary/aromatic N) is 3. The Hall–Kier alpha value is -4.41. The first-order valence-electron chi connectivity index (χ1n) is 14.0. The fourth-order valence-electron chi connectivity index (χ4n) is 4.84. The zero-order valence-corrected chi connectivity index (χ0v) is 25.3. The molecule has 1 aliphatic heterocycles. The van der Waals surface area contributed by atoms with E-state index in [4.69, 9.17) is 9.15 Å². The zero-order valence-electron chi connectivity index (χ0n) is 23.6. The van der Waals surface area contributed by atoms with Crippen molar-refractivity contribution in [2.75, 3.05) is 11.5 Å². The van der Waals surface area contributed by atoms with Gasteiger partial charge in [0.15, 0.2) is 15.9 Å². The lowest BCUT2D eigenvalue weighted by Gasteiger charge is -2.24. The molecule has 0 saturated heterocycles. The minimum Gasteiger partial charge on any atom is -0.503 e. The lowest BCUT2D eigenvalue weighted by molar-refractivity contribution is -0.117. The molecule has 1 amide bonds. The number of carbonyl (C=O) groups is 2. The van der Waals surface area contributed by atoms with Crippen LogP contribution in [0.1, 0.15) is 53.1 Å². The number of ether oxygens (including phenoxy) is 1. The van der Waals surface area contributed by atoms with E-state index in [-0.39, 0.29) is 16.5 Å². The number of unbranched alkanes of at least 4 members (excludes halogenated alkanes) is 1. The molecule has 1 N–H and O–H groups in total. The van der Waals surface area contributed by atoms with Crippen molar-refractivity contribution in [1.82, 2.24) is 10.2 Å². The highest BCUT2D eigenvalue weighted by atomic mass is 32.2. The van der Waals surface area contributed by atoms with E-state index in [1.54, 1.807) is 36.4 Å². The molecule has 0 spiro atoms. The number of thioether (sulfide) groups is 1. The summed E-state index contributed by atoms with van der Waals surface area (Å²) in [5.41, 5.74) is 3.40. The minimum atomic E-state index is -0.944. The second-order valence-electron chi connectivity index (χ2n) is 10.2. The van der Waals surface area contributed by atoms with E-state index in [2.05, 4.69) is 41.4 Å². The molecule has 43 heavy (non-hydrogen) atoms. The molecule has 1 aliphatic rings. The van der Waals surface area contributed by atoms with E-state index in [1.807, 2.05) is 25.1 Å². The van der Waals surface area contributed by atoms with Crippen molar-refractivity contribution in [3.63, 3.8) is 0 Å². The summed E-state index contributed by atoms with van der Waals surface area (Å²) in [6, 6.07) is 23.4. The molecule has 0 saturated carbocycles. The quantitative estimate of drug-likeness (QED) is 0.0697. The number of benzene rings is 3. The Morgan fingerprint density at radius 1 is 1.07 bits per heavy atom. The standard InChI is InChI=1S/C33H29N3O5S2/c1-3-4-17-40-24-15-13-22(14-16-24)28-27(29(37)26-18-23-7-5-6-8-25(23)41-26)30(38)31(39)36(28)32-34-35-33(43-32)42-19-21-11-9-20(2)10-12-21/h5-16,18,28,38H,3-4,17,19H2,1-2H3. The number of para-hydroxylation sites is 1. The Morgan fingerprint density at radius 2 is 1.84 bits per heavy atom. The lowest BCUT2D eigenvalue weighted by atomic mass is 9.95. The van der Waals surface area contributed by atoms with Crippen LogP contribution in [-0.2, 0) is 10.5 Å². The molecule has 0 aliphatic carbocycles. The maximum Gasteiger partial charge on any atom is 0.296 e. The molecular weight excluding hydrogens is 583 g/mol. The maximum atomic E-state index is 13.9. The van der Waals surface area contributed by atoms with E-state index in [1.165, 1.54) is 33.6 Å². The minimum absolute atomic E-state index is 0.0357. The van der Waals surface area contributed by atoms with E-state index < -0.39 is 23.5 Å². The fraction of sp³-hybridized carbons (Fsp3) is 0.212. The number of aliphatic hydroxyl groups is 1. The van der Waals surface area contributed by atoms with Crippen molar-refractivity contribution in [2.24, 2.45) is 0 Å². The normalized spacial score (nSPS) is 15.1. The van der Waals surface area contributed by atoms with Crippen molar-refractivity contribution in [3.05, 3.63) is 113 Å². The van der Waals surface area contributed by atoms with E-state index in [9.17, 15) is 14.7 Å². The first-order valence-corrected chi connectivity index (χ1v) is 15.8. The number of anilines is 1. The Bertz CT molecular complexity index is 1780.